The third-order valence-corrected chi connectivity index (χ3v) is 3.90. The van der Waals surface area contributed by atoms with Gasteiger partial charge >= 0.3 is 16.2 Å². The van der Waals surface area contributed by atoms with Crippen molar-refractivity contribution in [3.63, 3.8) is 0 Å². The second-order valence-electron chi connectivity index (χ2n) is 4.14. The van der Waals surface area contributed by atoms with Gasteiger partial charge in [0.05, 0.1) is 7.11 Å². The van der Waals surface area contributed by atoms with Crippen LogP contribution in [0.15, 0.2) is 0 Å². The van der Waals surface area contributed by atoms with Crippen molar-refractivity contribution in [3.8, 4) is 0 Å². The molecule has 0 radical (unpaired) electrons. The molecule has 1 N–H and O–H groups in total. The van der Waals surface area contributed by atoms with Gasteiger partial charge in [-0.15, -0.1) is 8.98 Å². The molecule has 0 saturated carbocycles. The van der Waals surface area contributed by atoms with Gasteiger partial charge < -0.3 is 4.74 Å². The summed E-state index contributed by atoms with van der Waals surface area (Å²) in [6, 6.07) is 0. The minimum absolute atomic E-state index is 0.0972. The monoisotopic (exact) mass is 306 g/mol. The molecule has 0 aromatic carbocycles. The van der Waals surface area contributed by atoms with E-state index in [1.165, 1.54) is 7.11 Å². The van der Waals surface area contributed by atoms with Crippen LogP contribution in [0.25, 0.3) is 0 Å². The van der Waals surface area contributed by atoms with Crippen LogP contribution in [0.5, 0.6) is 0 Å². The van der Waals surface area contributed by atoms with Gasteiger partial charge in [-0.05, 0) is 0 Å². The molecule has 11 heteroatoms. The molecule has 110 valence electrons. The number of nitrogens with zero attached hydrogens (tertiary/aromatic N) is 3. The lowest BCUT2D eigenvalue weighted by atomic mass is 10.4. The Morgan fingerprint density at radius 1 is 1.60 bits per heavy atom. The van der Waals surface area contributed by atoms with Crippen LogP contribution < -0.4 is 4.90 Å². The van der Waals surface area contributed by atoms with E-state index < -0.39 is 33.8 Å². The van der Waals surface area contributed by atoms with Gasteiger partial charge in [0.1, 0.15) is 17.5 Å². The summed E-state index contributed by atoms with van der Waals surface area (Å²) in [6.45, 7) is -0.354. The molecule has 2 heterocycles. The molecule has 1 saturated heterocycles. The van der Waals surface area contributed by atoms with Crippen molar-refractivity contribution < 1.29 is 26.6 Å². The zero-order valence-corrected chi connectivity index (χ0v) is 11.2. The zero-order valence-electron chi connectivity index (χ0n) is 10.4. The van der Waals surface area contributed by atoms with Gasteiger partial charge in [0.25, 0.3) is 5.95 Å². The summed E-state index contributed by atoms with van der Waals surface area (Å²) in [4.78, 5) is 27.5. The lowest BCUT2D eigenvalue weighted by molar-refractivity contribution is -0.139. The van der Waals surface area contributed by atoms with E-state index in [1.54, 1.807) is 0 Å². The predicted molar refractivity (Wildman–Crippen MR) is 62.9 cm³/mol. The fourth-order valence-corrected chi connectivity index (χ4v) is 2.42. The molecule has 20 heavy (non-hydrogen) atoms. The molecule has 1 fully saturated rings. The third-order valence-electron chi connectivity index (χ3n) is 2.79. The molecule has 1 amide bonds. The number of esters is 1. The smallest absolute Gasteiger partial charge is 0.313 e. The first-order valence-electron chi connectivity index (χ1n) is 5.53. The van der Waals surface area contributed by atoms with Gasteiger partial charge in [-0.3, -0.25) is 19.6 Å². The van der Waals surface area contributed by atoms with Crippen molar-refractivity contribution in [3.05, 3.63) is 5.82 Å². The van der Waals surface area contributed by atoms with E-state index in [9.17, 15) is 21.9 Å². The number of aromatic amines is 1. The summed E-state index contributed by atoms with van der Waals surface area (Å²) in [5.41, 5.74) is 0. The summed E-state index contributed by atoms with van der Waals surface area (Å²) in [5, 5.41) is 4.70. The maximum absolute atomic E-state index is 12.9. The van der Waals surface area contributed by atoms with Gasteiger partial charge in [-0.25, -0.2) is 0 Å². The van der Waals surface area contributed by atoms with Gasteiger partial charge in [0.2, 0.25) is 5.91 Å². The SMILES string of the molecule is COC(=O)Cc1nc(N2CC(S(=O)(=O)F)CC2=O)n[nH]1. The maximum Gasteiger partial charge on any atom is 0.313 e. The quantitative estimate of drug-likeness (QED) is 0.554. The maximum atomic E-state index is 12.9. The highest BCUT2D eigenvalue weighted by Gasteiger charge is 2.40. The Morgan fingerprint density at radius 2 is 2.30 bits per heavy atom. The number of ether oxygens (including phenoxy) is 1. The van der Waals surface area contributed by atoms with Crippen LogP contribution in [0.3, 0.4) is 0 Å². The molecule has 1 aromatic rings. The largest absolute Gasteiger partial charge is 0.469 e. The summed E-state index contributed by atoms with van der Waals surface area (Å²) >= 11 is 0. The summed E-state index contributed by atoms with van der Waals surface area (Å²) in [7, 11) is -3.59. The topological polar surface area (TPSA) is 122 Å². The van der Waals surface area contributed by atoms with Gasteiger partial charge in [-0.2, -0.15) is 13.4 Å². The van der Waals surface area contributed by atoms with Gasteiger partial charge in [0.15, 0.2) is 0 Å². The predicted octanol–water partition coefficient (Wildman–Crippen LogP) is -1.08. The Hall–Kier alpha value is -2.04. The van der Waals surface area contributed by atoms with Crippen molar-refractivity contribution in [1.29, 1.82) is 0 Å². The number of rotatable bonds is 4. The second-order valence-corrected chi connectivity index (χ2v) is 5.76. The van der Waals surface area contributed by atoms with Crippen molar-refractivity contribution in [2.45, 2.75) is 18.1 Å². The standard InChI is InChI=1S/C9H11FN4O5S/c1-19-8(16)3-6-11-9(13-12-6)14-4-5(2-7(14)15)20(10,17)18/h5H,2-4H2,1H3,(H,11,12,13). The van der Waals surface area contributed by atoms with Crippen LogP contribution in [0.4, 0.5) is 9.83 Å². The number of anilines is 1. The van der Waals surface area contributed by atoms with Crippen LogP contribution in [0.2, 0.25) is 0 Å². The molecule has 2 rings (SSSR count). The number of halogens is 1. The first-order chi connectivity index (χ1) is 9.31. The molecular formula is C9H11FN4O5S. The third kappa shape index (κ3) is 2.92. The average molecular weight is 306 g/mol. The number of amides is 1. The summed E-state index contributed by atoms with van der Waals surface area (Å²) < 4.78 is 38.9. The minimum Gasteiger partial charge on any atom is -0.469 e. The molecule has 0 bridgehead atoms. The van der Waals surface area contributed by atoms with E-state index in [0.29, 0.717) is 0 Å². The highest BCUT2D eigenvalue weighted by molar-refractivity contribution is 7.87. The highest BCUT2D eigenvalue weighted by Crippen LogP contribution is 2.23. The minimum atomic E-state index is -4.79. The Kier molecular flexibility index (Phi) is 3.70. The number of hydrogen-bond donors (Lipinski definition) is 1. The molecule has 1 aliphatic heterocycles. The van der Waals surface area contributed by atoms with Crippen LogP contribution in [0, 0.1) is 0 Å². The number of aromatic nitrogens is 3. The normalized spacial score (nSPS) is 19.4. The number of carbonyl (C=O) groups excluding carboxylic acids is 2. The van der Waals surface area contributed by atoms with E-state index in [1.807, 2.05) is 0 Å². The van der Waals surface area contributed by atoms with E-state index in [4.69, 9.17) is 0 Å². The zero-order chi connectivity index (χ0) is 14.9. The number of H-pyrrole nitrogens is 1. The fourth-order valence-electron chi connectivity index (χ4n) is 1.75. The number of carbonyl (C=O) groups is 2. The van der Waals surface area contributed by atoms with Crippen molar-refractivity contribution >= 4 is 28.0 Å². The first kappa shape index (κ1) is 14.4. The Morgan fingerprint density at radius 3 is 2.85 bits per heavy atom. The number of hydrogen-bond acceptors (Lipinski definition) is 7. The van der Waals surface area contributed by atoms with Gasteiger partial charge in [0, 0.05) is 13.0 Å². The van der Waals surface area contributed by atoms with Crippen molar-refractivity contribution in [1.82, 2.24) is 15.2 Å². The average Bonchev–Trinajstić information content (AvgIpc) is 2.94. The molecule has 0 spiro atoms. The van der Waals surface area contributed by atoms with E-state index >= 15 is 0 Å². The van der Waals surface area contributed by atoms with E-state index in [2.05, 4.69) is 19.9 Å². The first-order valence-corrected chi connectivity index (χ1v) is 6.98. The lowest BCUT2D eigenvalue weighted by Gasteiger charge is -2.09. The highest BCUT2D eigenvalue weighted by atomic mass is 32.3. The molecular weight excluding hydrogens is 295 g/mol. The second kappa shape index (κ2) is 5.15. The Labute approximate surface area is 113 Å². The summed E-state index contributed by atoms with van der Waals surface area (Å²) in [6.07, 6.45) is -0.629. The fraction of sp³-hybridized carbons (Fsp3) is 0.556. The van der Waals surface area contributed by atoms with Crippen LogP contribution in [-0.2, 0) is 31.0 Å². The molecule has 9 nitrogen and oxygen atoms in total. The molecule has 1 aliphatic rings. The number of methoxy groups -OCH3 is 1. The van der Waals surface area contributed by atoms with E-state index in [-0.39, 0.29) is 24.7 Å². The molecule has 1 unspecified atom stereocenters. The Bertz CT molecular complexity index is 643. The number of nitrogens with one attached hydrogen (secondary N) is 1. The van der Waals surface area contributed by atoms with Crippen LogP contribution in [0.1, 0.15) is 12.2 Å². The molecule has 0 aliphatic carbocycles. The van der Waals surface area contributed by atoms with Crippen LogP contribution >= 0.6 is 0 Å². The van der Waals surface area contributed by atoms with Gasteiger partial charge in [-0.1, -0.05) is 0 Å². The Balaban J connectivity index is 2.13. The summed E-state index contributed by atoms with van der Waals surface area (Å²) in [5.74, 6) is -1.09. The van der Waals surface area contributed by atoms with E-state index in [0.717, 1.165) is 4.90 Å². The molecule has 1 atom stereocenters. The van der Waals surface area contributed by atoms with Crippen molar-refractivity contribution in [2.75, 3.05) is 18.6 Å². The van der Waals surface area contributed by atoms with Crippen molar-refractivity contribution in [2.24, 2.45) is 0 Å². The van der Waals surface area contributed by atoms with Crippen LogP contribution in [-0.4, -0.2) is 54.4 Å². The lowest BCUT2D eigenvalue weighted by Crippen LogP contribution is -2.28. The molecule has 1 aromatic heterocycles.